The molecule has 10 aromatic rings. The predicted octanol–water partition coefficient (Wildman–Crippen LogP) is 14.6. The summed E-state index contributed by atoms with van der Waals surface area (Å²) in [5.41, 5.74) is 14.6. The summed E-state index contributed by atoms with van der Waals surface area (Å²) in [5, 5.41) is 8.17. The van der Waals surface area contributed by atoms with Gasteiger partial charge in [0.2, 0.25) is 0 Å². The molecule has 5 heteroatoms. The summed E-state index contributed by atoms with van der Waals surface area (Å²) in [6, 6.07) is 70.2. The molecule has 2 aliphatic rings. The van der Waals surface area contributed by atoms with Gasteiger partial charge in [-0.25, -0.2) is 0 Å². The van der Waals surface area contributed by atoms with Gasteiger partial charge in [-0.2, -0.15) is 0 Å². The Morgan fingerprint density at radius 2 is 1.12 bits per heavy atom. The first kappa shape index (κ1) is 33.3. The van der Waals surface area contributed by atoms with Crippen molar-refractivity contribution in [2.75, 3.05) is 10.2 Å². The van der Waals surface area contributed by atoms with E-state index in [1.807, 2.05) is 18.2 Å². The van der Waals surface area contributed by atoms with Crippen molar-refractivity contribution < 1.29 is 9.15 Å². The Balaban J connectivity index is 0.938. The molecule has 0 fully saturated rings. The van der Waals surface area contributed by atoms with Crippen LogP contribution in [0.3, 0.4) is 0 Å². The molecule has 1 aromatic heterocycles. The minimum Gasteiger partial charge on any atom is -0.456 e. The zero-order valence-electron chi connectivity index (χ0n) is 31.8. The van der Waals surface area contributed by atoms with Crippen molar-refractivity contribution in [3.63, 3.8) is 0 Å². The zero-order valence-corrected chi connectivity index (χ0v) is 31.8. The maximum atomic E-state index is 6.85. The van der Waals surface area contributed by atoms with Crippen molar-refractivity contribution >= 4 is 61.2 Å². The van der Waals surface area contributed by atoms with E-state index in [0.717, 1.165) is 100 Å². The van der Waals surface area contributed by atoms with Crippen molar-refractivity contribution in [2.45, 2.75) is 6.17 Å². The number of benzene rings is 9. The second-order valence-electron chi connectivity index (χ2n) is 15.1. The number of aliphatic imine (C=N–C) groups is 1. The molecule has 9 aromatic carbocycles. The molecular weight excluding hydrogens is 723 g/mol. The summed E-state index contributed by atoms with van der Waals surface area (Å²) in [6.07, 6.45) is -0.327. The minimum absolute atomic E-state index is 0.327. The standard InChI is InChI=1S/C54H35N3O2/c1-3-12-34(13-4-1)35-22-25-38(26-23-35)57(37-14-5-2-6-15-37)39-27-29-42-43-18-11-19-44-45(30-31-49(52(43)44)59-51(42)33-39)54-55-47-20-9-7-17-46(47)53(56-54)36-24-28-41-40-16-8-10-21-48(40)58-50(41)32-36/h1-33,54-55H. The van der Waals surface area contributed by atoms with Gasteiger partial charge in [0.05, 0.1) is 5.71 Å². The molecule has 0 saturated carbocycles. The van der Waals surface area contributed by atoms with Gasteiger partial charge < -0.3 is 19.4 Å². The largest absolute Gasteiger partial charge is 0.456 e. The van der Waals surface area contributed by atoms with Gasteiger partial charge in [-0.3, -0.25) is 4.99 Å². The van der Waals surface area contributed by atoms with Crippen molar-refractivity contribution in [3.05, 3.63) is 217 Å². The van der Waals surface area contributed by atoms with E-state index in [0.29, 0.717) is 0 Å². The normalized spacial score (nSPS) is 14.0. The van der Waals surface area contributed by atoms with E-state index < -0.39 is 0 Å². The molecule has 278 valence electrons. The number of nitrogens with one attached hydrogen (secondary N) is 1. The Morgan fingerprint density at radius 3 is 2.00 bits per heavy atom. The molecule has 0 radical (unpaired) electrons. The molecule has 2 aliphatic heterocycles. The monoisotopic (exact) mass is 757 g/mol. The first-order valence-electron chi connectivity index (χ1n) is 20.0. The average Bonchev–Trinajstić information content (AvgIpc) is 3.68. The lowest BCUT2D eigenvalue weighted by Gasteiger charge is -2.30. The van der Waals surface area contributed by atoms with Crippen LogP contribution >= 0.6 is 0 Å². The third-order valence-electron chi connectivity index (χ3n) is 11.7. The topological polar surface area (TPSA) is 50.0 Å². The van der Waals surface area contributed by atoms with Crippen molar-refractivity contribution in [1.29, 1.82) is 0 Å². The highest BCUT2D eigenvalue weighted by Gasteiger charge is 2.28. The van der Waals surface area contributed by atoms with Gasteiger partial charge >= 0.3 is 0 Å². The Morgan fingerprint density at radius 1 is 0.441 bits per heavy atom. The molecule has 0 saturated heterocycles. The maximum absolute atomic E-state index is 6.85. The Bertz CT molecular complexity index is 3280. The van der Waals surface area contributed by atoms with Crippen molar-refractivity contribution in [1.82, 2.24) is 0 Å². The van der Waals surface area contributed by atoms with E-state index in [4.69, 9.17) is 14.1 Å². The predicted molar refractivity (Wildman–Crippen MR) is 242 cm³/mol. The molecule has 0 bridgehead atoms. The molecule has 3 heterocycles. The van der Waals surface area contributed by atoms with Gasteiger partial charge in [0.1, 0.15) is 28.8 Å². The fourth-order valence-corrected chi connectivity index (χ4v) is 8.92. The van der Waals surface area contributed by atoms with Crippen molar-refractivity contribution in [2.24, 2.45) is 4.99 Å². The molecule has 59 heavy (non-hydrogen) atoms. The third-order valence-corrected chi connectivity index (χ3v) is 11.7. The lowest BCUT2D eigenvalue weighted by atomic mass is 9.90. The van der Waals surface area contributed by atoms with Crippen LogP contribution in [-0.4, -0.2) is 5.71 Å². The van der Waals surface area contributed by atoms with Crippen LogP contribution in [0.25, 0.3) is 55.0 Å². The highest BCUT2D eigenvalue weighted by Crippen LogP contribution is 2.50. The van der Waals surface area contributed by atoms with Crippen LogP contribution in [0.1, 0.15) is 22.9 Å². The van der Waals surface area contributed by atoms with Gasteiger partial charge in [0.15, 0.2) is 0 Å². The van der Waals surface area contributed by atoms with Crippen LogP contribution in [0.15, 0.2) is 210 Å². The molecular formula is C54H35N3O2. The highest BCUT2D eigenvalue weighted by atomic mass is 16.5. The SMILES string of the molecule is c1ccc(-c2ccc(N(c3ccccc3)c3ccc4c(c3)Oc3ccc(C5N=C(c6ccc7c(c6)oc6ccccc67)c6ccccc6N5)c5cccc-4c35)cc2)cc1. The molecule has 0 amide bonds. The van der Waals surface area contributed by atoms with Gasteiger partial charge in [0, 0.05) is 67.2 Å². The van der Waals surface area contributed by atoms with Crippen LogP contribution in [0.2, 0.25) is 0 Å². The second kappa shape index (κ2) is 13.4. The number of fused-ring (bicyclic) bond motifs is 6. The quantitative estimate of drug-likeness (QED) is 0.183. The molecule has 1 N–H and O–H groups in total. The summed E-state index contributed by atoms with van der Waals surface area (Å²) in [4.78, 5) is 7.73. The van der Waals surface area contributed by atoms with E-state index >= 15 is 0 Å². The lowest BCUT2D eigenvalue weighted by Crippen LogP contribution is -2.21. The Labute approximate surface area is 341 Å². The van der Waals surface area contributed by atoms with Gasteiger partial charge in [-0.15, -0.1) is 0 Å². The molecule has 0 aliphatic carbocycles. The smallest absolute Gasteiger partial charge is 0.146 e. The average molecular weight is 758 g/mol. The number of hydrogen-bond acceptors (Lipinski definition) is 5. The number of para-hydroxylation sites is 3. The van der Waals surface area contributed by atoms with Crippen LogP contribution < -0.4 is 15.0 Å². The van der Waals surface area contributed by atoms with Gasteiger partial charge in [-0.05, 0) is 88.8 Å². The van der Waals surface area contributed by atoms with Gasteiger partial charge in [0.25, 0.3) is 0 Å². The fraction of sp³-hybridized carbons (Fsp3) is 0.0185. The first-order valence-corrected chi connectivity index (χ1v) is 20.0. The molecule has 1 unspecified atom stereocenters. The number of hydrogen-bond donors (Lipinski definition) is 1. The van der Waals surface area contributed by atoms with Gasteiger partial charge in [-0.1, -0.05) is 127 Å². The van der Waals surface area contributed by atoms with Crippen LogP contribution in [0, 0.1) is 0 Å². The van der Waals surface area contributed by atoms with E-state index in [9.17, 15) is 0 Å². The summed E-state index contributed by atoms with van der Waals surface area (Å²) in [5.74, 6) is 1.65. The molecule has 5 nitrogen and oxygen atoms in total. The number of ether oxygens (including phenoxy) is 1. The van der Waals surface area contributed by atoms with Crippen LogP contribution in [0.5, 0.6) is 11.5 Å². The van der Waals surface area contributed by atoms with E-state index in [1.54, 1.807) is 0 Å². The fourth-order valence-electron chi connectivity index (χ4n) is 8.92. The molecule has 12 rings (SSSR count). The van der Waals surface area contributed by atoms with Crippen molar-refractivity contribution in [3.8, 4) is 33.8 Å². The lowest BCUT2D eigenvalue weighted by molar-refractivity contribution is 0.487. The first-order chi connectivity index (χ1) is 29.2. The minimum atomic E-state index is -0.327. The summed E-state index contributed by atoms with van der Waals surface area (Å²) >= 11 is 0. The van der Waals surface area contributed by atoms with E-state index in [2.05, 4.69) is 192 Å². The third kappa shape index (κ3) is 5.51. The Kier molecular flexibility index (Phi) is 7.53. The second-order valence-corrected chi connectivity index (χ2v) is 15.1. The maximum Gasteiger partial charge on any atom is 0.146 e. The summed E-state index contributed by atoms with van der Waals surface area (Å²) in [7, 11) is 0. The van der Waals surface area contributed by atoms with Crippen LogP contribution in [0.4, 0.5) is 22.7 Å². The zero-order chi connectivity index (χ0) is 38.9. The summed E-state index contributed by atoms with van der Waals surface area (Å²) in [6.45, 7) is 0. The van der Waals surface area contributed by atoms with Crippen LogP contribution in [-0.2, 0) is 0 Å². The molecule has 0 spiro atoms. The number of nitrogens with zero attached hydrogens (tertiary/aromatic N) is 2. The molecule has 1 atom stereocenters. The number of furan rings is 1. The number of anilines is 4. The van der Waals surface area contributed by atoms with E-state index in [1.165, 1.54) is 11.1 Å². The van der Waals surface area contributed by atoms with E-state index in [-0.39, 0.29) is 6.17 Å². The summed E-state index contributed by atoms with van der Waals surface area (Å²) < 4.78 is 13.2. The number of rotatable bonds is 6. The highest BCUT2D eigenvalue weighted by molar-refractivity contribution is 6.19. The Hall–Kier alpha value is -7.89.